The van der Waals surface area contributed by atoms with E-state index in [-0.39, 0.29) is 10.8 Å². The molecule has 1 amide bonds. The number of aryl methyl sites for hydroxylation is 1. The average molecular weight is 470 g/mol. The molecule has 166 valence electrons. The maximum absolute atomic E-state index is 13.1. The number of carbonyl (C=O) groups excluding carboxylic acids is 1. The van der Waals surface area contributed by atoms with Gasteiger partial charge in [-0.05, 0) is 61.0 Å². The molecule has 1 fully saturated rings. The van der Waals surface area contributed by atoms with Gasteiger partial charge in [0.25, 0.3) is 15.9 Å². The molecule has 1 heterocycles. The summed E-state index contributed by atoms with van der Waals surface area (Å²) in [5, 5.41) is 0.430. The van der Waals surface area contributed by atoms with Gasteiger partial charge in [0.1, 0.15) is 0 Å². The topological polar surface area (TPSA) is 69.7 Å². The number of hydrogen-bond donors (Lipinski definition) is 1. The molecule has 4 rings (SSSR count). The molecule has 0 spiro atoms. The summed E-state index contributed by atoms with van der Waals surface area (Å²) in [6.45, 7) is 4.66. The Morgan fingerprint density at radius 1 is 0.906 bits per heavy atom. The fraction of sp³-hybridized carbons (Fsp3) is 0.208. The Kier molecular flexibility index (Phi) is 6.39. The Labute approximate surface area is 193 Å². The van der Waals surface area contributed by atoms with Crippen LogP contribution in [0.25, 0.3) is 0 Å². The number of benzene rings is 3. The molecule has 1 aliphatic heterocycles. The predicted octanol–water partition coefficient (Wildman–Crippen LogP) is 4.41. The lowest BCUT2D eigenvalue weighted by Gasteiger charge is -2.36. The lowest BCUT2D eigenvalue weighted by Crippen LogP contribution is -2.48. The maximum atomic E-state index is 13.1. The zero-order chi connectivity index (χ0) is 22.7. The average Bonchev–Trinajstić information content (AvgIpc) is 2.78. The van der Waals surface area contributed by atoms with E-state index in [0.29, 0.717) is 29.4 Å². The van der Waals surface area contributed by atoms with Crippen LogP contribution in [0.2, 0.25) is 5.02 Å². The first-order valence-corrected chi connectivity index (χ1v) is 12.2. The predicted molar refractivity (Wildman–Crippen MR) is 128 cm³/mol. The first kappa shape index (κ1) is 22.2. The van der Waals surface area contributed by atoms with Gasteiger partial charge >= 0.3 is 0 Å². The van der Waals surface area contributed by atoms with Gasteiger partial charge in [0.05, 0.1) is 10.6 Å². The molecule has 0 radical (unpaired) electrons. The molecule has 1 aliphatic rings. The van der Waals surface area contributed by atoms with Crippen LogP contribution in [0.3, 0.4) is 0 Å². The third kappa shape index (κ3) is 5.06. The van der Waals surface area contributed by atoms with Gasteiger partial charge < -0.3 is 9.80 Å². The summed E-state index contributed by atoms with van der Waals surface area (Å²) >= 11 is 5.94. The molecular formula is C24H24ClN3O3S. The lowest BCUT2D eigenvalue weighted by atomic mass is 10.1. The van der Waals surface area contributed by atoms with Crippen LogP contribution in [0.1, 0.15) is 15.9 Å². The van der Waals surface area contributed by atoms with Crippen molar-refractivity contribution in [1.29, 1.82) is 0 Å². The number of rotatable bonds is 5. The van der Waals surface area contributed by atoms with Gasteiger partial charge in [-0.1, -0.05) is 35.9 Å². The van der Waals surface area contributed by atoms with E-state index >= 15 is 0 Å². The number of anilines is 2. The van der Waals surface area contributed by atoms with Crippen molar-refractivity contribution < 1.29 is 13.2 Å². The summed E-state index contributed by atoms with van der Waals surface area (Å²) in [4.78, 5) is 17.1. The summed E-state index contributed by atoms with van der Waals surface area (Å²) in [6, 6.07) is 20.9. The van der Waals surface area contributed by atoms with E-state index in [9.17, 15) is 13.2 Å². The number of nitrogens with one attached hydrogen (secondary N) is 1. The van der Waals surface area contributed by atoms with Gasteiger partial charge in [0.15, 0.2) is 0 Å². The quantitative estimate of drug-likeness (QED) is 0.600. The zero-order valence-corrected chi connectivity index (χ0v) is 19.2. The number of hydrogen-bond acceptors (Lipinski definition) is 4. The third-order valence-electron chi connectivity index (χ3n) is 5.40. The molecule has 0 unspecified atom stereocenters. The van der Waals surface area contributed by atoms with Gasteiger partial charge in [-0.25, -0.2) is 8.42 Å². The van der Waals surface area contributed by atoms with Gasteiger partial charge in [0.2, 0.25) is 0 Å². The summed E-state index contributed by atoms with van der Waals surface area (Å²) in [5.41, 5.74) is 3.06. The second-order valence-corrected chi connectivity index (χ2v) is 9.88. The first-order chi connectivity index (χ1) is 15.3. The number of amides is 1. The molecule has 0 atom stereocenters. The second-order valence-electron chi connectivity index (χ2n) is 7.76. The van der Waals surface area contributed by atoms with E-state index in [2.05, 4.69) is 34.7 Å². The SMILES string of the molecule is Cc1cccc(N2CCN(C(=O)c3cccc(S(=O)(=O)Nc4cccc(Cl)c4)c3)CC2)c1. The molecule has 1 saturated heterocycles. The Balaban J connectivity index is 1.45. The van der Waals surface area contributed by atoms with Gasteiger partial charge in [-0.2, -0.15) is 0 Å². The molecular weight excluding hydrogens is 446 g/mol. The van der Waals surface area contributed by atoms with Crippen molar-refractivity contribution in [2.75, 3.05) is 35.8 Å². The lowest BCUT2D eigenvalue weighted by molar-refractivity contribution is 0.0746. The summed E-state index contributed by atoms with van der Waals surface area (Å²) in [5.74, 6) is -0.173. The number of nitrogens with zero attached hydrogens (tertiary/aromatic N) is 2. The Morgan fingerprint density at radius 3 is 2.34 bits per heavy atom. The van der Waals surface area contributed by atoms with E-state index in [1.165, 1.54) is 23.8 Å². The minimum Gasteiger partial charge on any atom is -0.368 e. The highest BCUT2D eigenvalue weighted by Gasteiger charge is 2.24. The highest BCUT2D eigenvalue weighted by Crippen LogP contribution is 2.22. The Hall–Kier alpha value is -3.03. The van der Waals surface area contributed by atoms with Crippen LogP contribution in [0.4, 0.5) is 11.4 Å². The molecule has 0 aromatic heterocycles. The van der Waals surface area contributed by atoms with Crippen molar-refractivity contribution in [3.05, 3.63) is 88.9 Å². The molecule has 0 aliphatic carbocycles. The molecule has 0 bridgehead atoms. The largest absolute Gasteiger partial charge is 0.368 e. The minimum absolute atomic E-state index is 0.0294. The molecule has 3 aromatic rings. The number of piperazine rings is 1. The highest BCUT2D eigenvalue weighted by molar-refractivity contribution is 7.92. The van der Waals surface area contributed by atoms with Crippen molar-refractivity contribution in [3.8, 4) is 0 Å². The molecule has 32 heavy (non-hydrogen) atoms. The molecule has 3 aromatic carbocycles. The highest BCUT2D eigenvalue weighted by atomic mass is 35.5. The van der Waals surface area contributed by atoms with E-state index < -0.39 is 10.0 Å². The zero-order valence-electron chi connectivity index (χ0n) is 17.7. The standard InChI is InChI=1S/C24H24ClN3O3S/c1-18-5-2-9-22(15-18)27-11-13-28(14-12-27)24(29)19-6-3-10-23(16-19)32(30,31)26-21-8-4-7-20(25)17-21/h2-10,15-17,26H,11-14H2,1H3. The van der Waals surface area contributed by atoms with Crippen LogP contribution in [-0.4, -0.2) is 45.4 Å². The number of carbonyl (C=O) groups is 1. The smallest absolute Gasteiger partial charge is 0.261 e. The molecule has 6 nitrogen and oxygen atoms in total. The summed E-state index contributed by atoms with van der Waals surface area (Å²) in [7, 11) is -3.85. The van der Waals surface area contributed by atoms with Crippen molar-refractivity contribution in [2.24, 2.45) is 0 Å². The minimum atomic E-state index is -3.85. The van der Waals surface area contributed by atoms with Crippen LogP contribution in [0.15, 0.2) is 77.7 Å². The summed E-state index contributed by atoms with van der Waals surface area (Å²) in [6.07, 6.45) is 0. The Morgan fingerprint density at radius 2 is 1.62 bits per heavy atom. The van der Waals surface area contributed by atoms with Crippen molar-refractivity contribution in [2.45, 2.75) is 11.8 Å². The van der Waals surface area contributed by atoms with E-state index in [0.717, 1.165) is 18.8 Å². The number of halogens is 1. The van der Waals surface area contributed by atoms with Crippen LogP contribution < -0.4 is 9.62 Å². The Bertz CT molecular complexity index is 1240. The monoisotopic (exact) mass is 469 g/mol. The van der Waals surface area contributed by atoms with Crippen LogP contribution in [0.5, 0.6) is 0 Å². The second kappa shape index (κ2) is 9.22. The van der Waals surface area contributed by atoms with Crippen LogP contribution >= 0.6 is 11.6 Å². The summed E-state index contributed by atoms with van der Waals surface area (Å²) < 4.78 is 28.1. The van der Waals surface area contributed by atoms with Gasteiger partial charge in [-0.3, -0.25) is 9.52 Å². The van der Waals surface area contributed by atoms with Crippen molar-refractivity contribution in [3.63, 3.8) is 0 Å². The van der Waals surface area contributed by atoms with E-state index in [1.54, 1.807) is 35.2 Å². The van der Waals surface area contributed by atoms with E-state index in [1.807, 2.05) is 6.07 Å². The van der Waals surface area contributed by atoms with Gasteiger partial charge in [0, 0.05) is 42.5 Å². The fourth-order valence-corrected chi connectivity index (χ4v) is 5.02. The number of sulfonamides is 1. The first-order valence-electron chi connectivity index (χ1n) is 10.3. The maximum Gasteiger partial charge on any atom is 0.261 e. The van der Waals surface area contributed by atoms with Crippen molar-refractivity contribution >= 4 is 38.9 Å². The molecule has 0 saturated carbocycles. The molecule has 1 N–H and O–H groups in total. The van der Waals surface area contributed by atoms with Crippen LogP contribution in [-0.2, 0) is 10.0 Å². The molecule has 8 heteroatoms. The van der Waals surface area contributed by atoms with Crippen LogP contribution in [0, 0.1) is 6.92 Å². The van der Waals surface area contributed by atoms with Crippen molar-refractivity contribution in [1.82, 2.24) is 4.90 Å². The normalized spacial score (nSPS) is 14.3. The fourth-order valence-electron chi connectivity index (χ4n) is 3.74. The van der Waals surface area contributed by atoms with Gasteiger partial charge in [-0.15, -0.1) is 0 Å². The van der Waals surface area contributed by atoms with E-state index in [4.69, 9.17) is 11.6 Å². The third-order valence-corrected chi connectivity index (χ3v) is 7.02.